The number of hydrogen-bond acceptors (Lipinski definition) is 4. The second-order valence-electron chi connectivity index (χ2n) is 5.90. The van der Waals surface area contributed by atoms with Crippen molar-refractivity contribution < 1.29 is 9.18 Å². The van der Waals surface area contributed by atoms with Gasteiger partial charge in [-0.3, -0.25) is 14.7 Å². The first kappa shape index (κ1) is 16.6. The van der Waals surface area contributed by atoms with Crippen LogP contribution < -0.4 is 10.9 Å². The van der Waals surface area contributed by atoms with Gasteiger partial charge < -0.3 is 5.32 Å². The predicted octanol–water partition coefficient (Wildman–Crippen LogP) is 2.38. The molecular formula is C19H14FN5O2. The van der Waals surface area contributed by atoms with Gasteiger partial charge in [0.2, 0.25) is 0 Å². The third kappa shape index (κ3) is 3.32. The summed E-state index contributed by atoms with van der Waals surface area (Å²) in [5, 5.41) is 17.1. The molecule has 0 aliphatic heterocycles. The minimum absolute atomic E-state index is 0.140. The summed E-state index contributed by atoms with van der Waals surface area (Å²) in [6.45, 7) is 0.140. The van der Waals surface area contributed by atoms with Gasteiger partial charge in [0, 0.05) is 10.9 Å². The van der Waals surface area contributed by atoms with Gasteiger partial charge in [-0.1, -0.05) is 18.2 Å². The Kier molecular flexibility index (Phi) is 4.21. The van der Waals surface area contributed by atoms with Gasteiger partial charge in [-0.05, 0) is 36.4 Å². The number of nitrogens with zero attached hydrogens (tertiary/aromatic N) is 2. The Morgan fingerprint density at radius 2 is 1.74 bits per heavy atom. The standard InChI is InChI=1S/C19H14FN5O2/c20-12-7-5-11(6-8-12)15-9-16(23-22-15)19(27)21-10-17-13-3-1-2-4-14(13)18(26)25-24-17/h1-9H,10H2,(H,21,27)(H,22,23)(H,25,26). The molecule has 0 radical (unpaired) electrons. The number of amides is 1. The van der Waals surface area contributed by atoms with Crippen LogP contribution in [0, 0.1) is 5.82 Å². The largest absolute Gasteiger partial charge is 0.345 e. The minimum atomic E-state index is -0.368. The lowest BCUT2D eigenvalue weighted by molar-refractivity contribution is 0.0945. The molecule has 27 heavy (non-hydrogen) atoms. The smallest absolute Gasteiger partial charge is 0.272 e. The predicted molar refractivity (Wildman–Crippen MR) is 97.5 cm³/mol. The number of halogens is 1. The highest BCUT2D eigenvalue weighted by molar-refractivity contribution is 5.93. The average Bonchev–Trinajstić information content (AvgIpc) is 3.18. The van der Waals surface area contributed by atoms with Crippen LogP contribution in [0.3, 0.4) is 0 Å². The van der Waals surface area contributed by atoms with E-state index in [-0.39, 0.29) is 29.5 Å². The molecule has 0 unspecified atom stereocenters. The van der Waals surface area contributed by atoms with Crippen LogP contribution in [0.25, 0.3) is 22.0 Å². The Morgan fingerprint density at radius 3 is 2.52 bits per heavy atom. The minimum Gasteiger partial charge on any atom is -0.345 e. The molecule has 0 fully saturated rings. The maximum atomic E-state index is 13.0. The quantitative estimate of drug-likeness (QED) is 0.518. The second-order valence-corrected chi connectivity index (χ2v) is 5.90. The SMILES string of the molecule is O=C(NCc1n[nH]c(=O)c2ccccc12)c1cc(-c2ccc(F)cc2)n[nH]1. The van der Waals surface area contributed by atoms with Gasteiger partial charge in [0.15, 0.2) is 0 Å². The van der Waals surface area contributed by atoms with Crippen molar-refractivity contribution in [3.63, 3.8) is 0 Å². The van der Waals surface area contributed by atoms with Gasteiger partial charge >= 0.3 is 0 Å². The van der Waals surface area contributed by atoms with E-state index < -0.39 is 0 Å². The molecular weight excluding hydrogens is 349 g/mol. The van der Waals surface area contributed by atoms with E-state index in [1.165, 1.54) is 12.1 Å². The summed E-state index contributed by atoms with van der Waals surface area (Å²) in [7, 11) is 0. The lowest BCUT2D eigenvalue weighted by atomic mass is 10.1. The summed E-state index contributed by atoms with van der Waals surface area (Å²) in [6.07, 6.45) is 0. The van der Waals surface area contributed by atoms with Crippen LogP contribution in [0.15, 0.2) is 59.4 Å². The highest BCUT2D eigenvalue weighted by atomic mass is 19.1. The lowest BCUT2D eigenvalue weighted by Gasteiger charge is -2.06. The number of rotatable bonds is 4. The molecule has 0 aliphatic rings. The van der Waals surface area contributed by atoms with Crippen LogP contribution in [0.2, 0.25) is 0 Å². The first-order valence-electron chi connectivity index (χ1n) is 8.17. The molecule has 7 nitrogen and oxygen atoms in total. The van der Waals surface area contributed by atoms with E-state index in [1.54, 1.807) is 42.5 Å². The van der Waals surface area contributed by atoms with Crippen LogP contribution in [0.1, 0.15) is 16.2 Å². The molecule has 2 aromatic carbocycles. The highest BCUT2D eigenvalue weighted by Gasteiger charge is 2.13. The molecule has 0 saturated carbocycles. The Labute approximate surface area is 152 Å². The van der Waals surface area contributed by atoms with Gasteiger partial charge in [0.25, 0.3) is 11.5 Å². The monoisotopic (exact) mass is 363 g/mol. The first-order valence-corrected chi connectivity index (χ1v) is 8.17. The fourth-order valence-electron chi connectivity index (χ4n) is 2.77. The van der Waals surface area contributed by atoms with E-state index in [9.17, 15) is 14.0 Å². The molecule has 2 heterocycles. The van der Waals surface area contributed by atoms with E-state index >= 15 is 0 Å². The molecule has 0 saturated heterocycles. The summed E-state index contributed by atoms with van der Waals surface area (Å²) >= 11 is 0. The molecule has 134 valence electrons. The van der Waals surface area contributed by atoms with E-state index in [0.29, 0.717) is 27.7 Å². The average molecular weight is 363 g/mol. The van der Waals surface area contributed by atoms with Gasteiger partial charge in [-0.2, -0.15) is 10.2 Å². The first-order chi connectivity index (χ1) is 13.1. The van der Waals surface area contributed by atoms with Crippen molar-refractivity contribution in [2.24, 2.45) is 0 Å². The van der Waals surface area contributed by atoms with E-state index in [0.717, 1.165) is 0 Å². The van der Waals surface area contributed by atoms with Crippen molar-refractivity contribution in [2.45, 2.75) is 6.54 Å². The number of hydrogen-bond donors (Lipinski definition) is 3. The topological polar surface area (TPSA) is 104 Å². The van der Waals surface area contributed by atoms with E-state index in [4.69, 9.17) is 0 Å². The second kappa shape index (κ2) is 6.83. The zero-order valence-electron chi connectivity index (χ0n) is 14.0. The van der Waals surface area contributed by atoms with Gasteiger partial charge in [0.05, 0.1) is 23.3 Å². The zero-order valence-corrected chi connectivity index (χ0v) is 14.0. The van der Waals surface area contributed by atoms with Crippen LogP contribution in [0.5, 0.6) is 0 Å². The van der Waals surface area contributed by atoms with Gasteiger partial charge in [0.1, 0.15) is 11.5 Å². The van der Waals surface area contributed by atoms with E-state index in [2.05, 4.69) is 25.7 Å². The van der Waals surface area contributed by atoms with Crippen molar-refractivity contribution in [1.29, 1.82) is 0 Å². The van der Waals surface area contributed by atoms with Gasteiger partial charge in [-0.25, -0.2) is 9.49 Å². The van der Waals surface area contributed by atoms with Gasteiger partial charge in [-0.15, -0.1) is 0 Å². The third-order valence-electron chi connectivity index (χ3n) is 4.15. The van der Waals surface area contributed by atoms with Crippen molar-refractivity contribution in [3.05, 3.63) is 82.2 Å². The summed E-state index contributed by atoms with van der Waals surface area (Å²) in [5.41, 5.74) is 1.77. The third-order valence-corrected chi connectivity index (χ3v) is 4.15. The Morgan fingerprint density at radius 1 is 1.00 bits per heavy atom. The number of benzene rings is 2. The van der Waals surface area contributed by atoms with Crippen LogP contribution in [0.4, 0.5) is 4.39 Å². The number of aromatic nitrogens is 4. The lowest BCUT2D eigenvalue weighted by Crippen LogP contribution is -2.25. The van der Waals surface area contributed by atoms with Crippen molar-refractivity contribution in [2.75, 3.05) is 0 Å². The molecule has 0 spiro atoms. The summed E-state index contributed by atoms with van der Waals surface area (Å²) in [5.74, 6) is -0.708. The van der Waals surface area contributed by atoms with Crippen LogP contribution in [-0.2, 0) is 6.54 Å². The van der Waals surface area contributed by atoms with Crippen molar-refractivity contribution in [1.82, 2.24) is 25.7 Å². The number of carbonyl (C=O) groups excluding carboxylic acids is 1. The number of carbonyl (C=O) groups is 1. The molecule has 0 atom stereocenters. The fourth-order valence-corrected chi connectivity index (χ4v) is 2.77. The maximum Gasteiger partial charge on any atom is 0.272 e. The van der Waals surface area contributed by atoms with Crippen LogP contribution in [-0.4, -0.2) is 26.3 Å². The number of H-pyrrole nitrogens is 2. The zero-order chi connectivity index (χ0) is 18.8. The Hall–Kier alpha value is -3.81. The number of aromatic amines is 2. The van der Waals surface area contributed by atoms with Crippen LogP contribution >= 0.6 is 0 Å². The Balaban J connectivity index is 1.52. The normalized spacial score (nSPS) is 10.9. The molecule has 1 amide bonds. The summed E-state index contributed by atoms with van der Waals surface area (Å²) in [6, 6.07) is 14.5. The van der Waals surface area contributed by atoms with Crippen molar-refractivity contribution in [3.8, 4) is 11.3 Å². The molecule has 4 rings (SSSR count). The molecule has 3 N–H and O–H groups in total. The number of nitrogens with one attached hydrogen (secondary N) is 3. The molecule has 8 heteroatoms. The summed E-state index contributed by atoms with van der Waals surface area (Å²) < 4.78 is 13.0. The maximum absolute atomic E-state index is 13.0. The highest BCUT2D eigenvalue weighted by Crippen LogP contribution is 2.18. The molecule has 4 aromatic rings. The fraction of sp³-hybridized carbons (Fsp3) is 0.0526. The molecule has 2 aromatic heterocycles. The summed E-state index contributed by atoms with van der Waals surface area (Å²) in [4.78, 5) is 24.2. The Bertz CT molecular complexity index is 1180. The van der Waals surface area contributed by atoms with E-state index in [1.807, 2.05) is 0 Å². The molecule has 0 aliphatic carbocycles. The molecule has 0 bridgehead atoms. The number of fused-ring (bicyclic) bond motifs is 1. The van der Waals surface area contributed by atoms with Crippen molar-refractivity contribution >= 4 is 16.7 Å².